The Morgan fingerprint density at radius 3 is 2.58 bits per heavy atom. The maximum atomic E-state index is 13.9. The van der Waals surface area contributed by atoms with Gasteiger partial charge in [0.25, 0.3) is 0 Å². The van der Waals surface area contributed by atoms with Crippen LogP contribution in [-0.2, 0) is 9.53 Å². The van der Waals surface area contributed by atoms with E-state index in [1.165, 1.54) is 6.07 Å². The summed E-state index contributed by atoms with van der Waals surface area (Å²) < 4.78 is 19.4. The van der Waals surface area contributed by atoms with Gasteiger partial charge in [0.2, 0.25) is 5.91 Å². The van der Waals surface area contributed by atoms with Crippen molar-refractivity contribution >= 4 is 35.8 Å². The second kappa shape index (κ2) is 13.2. The molecule has 0 spiro atoms. The number of piperidine rings is 1. The molecule has 1 unspecified atom stereocenters. The Morgan fingerprint density at radius 1 is 1.26 bits per heavy atom. The first-order chi connectivity index (χ1) is 14.6. The number of hydrogen-bond donors (Lipinski definition) is 2. The fourth-order valence-corrected chi connectivity index (χ4v) is 4.29. The molecule has 0 aromatic heterocycles. The number of ether oxygens (including phenoxy) is 1. The number of nitrogens with one attached hydrogen (secondary N) is 2. The van der Waals surface area contributed by atoms with Crippen molar-refractivity contribution in [1.29, 1.82) is 0 Å². The molecule has 0 saturated carbocycles. The van der Waals surface area contributed by atoms with Gasteiger partial charge in [0.05, 0.1) is 19.3 Å². The van der Waals surface area contributed by atoms with E-state index in [-0.39, 0.29) is 41.7 Å². The number of benzene rings is 1. The third-order valence-corrected chi connectivity index (χ3v) is 6.05. The van der Waals surface area contributed by atoms with Gasteiger partial charge in [-0.2, -0.15) is 0 Å². The highest BCUT2D eigenvalue weighted by Gasteiger charge is 2.26. The number of rotatable bonds is 6. The van der Waals surface area contributed by atoms with Crippen LogP contribution >= 0.6 is 24.0 Å². The predicted molar refractivity (Wildman–Crippen MR) is 131 cm³/mol. The smallest absolute Gasteiger partial charge is 0.220 e. The molecule has 0 bridgehead atoms. The molecular formula is C22H35FIN5O2. The Morgan fingerprint density at radius 2 is 1.97 bits per heavy atom. The summed E-state index contributed by atoms with van der Waals surface area (Å²) in [4.78, 5) is 20.7. The Labute approximate surface area is 201 Å². The number of morpholine rings is 1. The third kappa shape index (κ3) is 7.57. The fraction of sp³-hybridized carbons (Fsp3) is 0.636. The lowest BCUT2D eigenvalue weighted by Gasteiger charge is -2.37. The Kier molecular flexibility index (Phi) is 11.0. The zero-order chi connectivity index (χ0) is 21.3. The second-order valence-corrected chi connectivity index (χ2v) is 7.95. The van der Waals surface area contributed by atoms with E-state index in [2.05, 4.69) is 25.4 Å². The predicted octanol–water partition coefficient (Wildman–Crippen LogP) is 2.24. The van der Waals surface area contributed by atoms with Crippen LogP contribution in [0.3, 0.4) is 0 Å². The number of likely N-dealkylation sites (tertiary alicyclic amines) is 1. The van der Waals surface area contributed by atoms with Crippen molar-refractivity contribution in [3.63, 3.8) is 0 Å². The number of amides is 1. The molecule has 2 aliphatic rings. The monoisotopic (exact) mass is 547 g/mol. The number of aliphatic imine (C=N–C) groups is 1. The van der Waals surface area contributed by atoms with Gasteiger partial charge in [0, 0.05) is 53.2 Å². The molecule has 2 N–H and O–H groups in total. The van der Waals surface area contributed by atoms with Crippen LogP contribution in [0.15, 0.2) is 29.3 Å². The van der Waals surface area contributed by atoms with Crippen LogP contribution in [0.2, 0.25) is 0 Å². The van der Waals surface area contributed by atoms with Gasteiger partial charge in [-0.1, -0.05) is 12.1 Å². The first-order valence-corrected chi connectivity index (χ1v) is 10.8. The topological polar surface area (TPSA) is 69.2 Å². The number of carbonyl (C=O) groups excluding carboxylic acids is 1. The number of halogens is 2. The summed E-state index contributed by atoms with van der Waals surface area (Å²) in [6, 6.07) is 6.90. The van der Waals surface area contributed by atoms with E-state index in [9.17, 15) is 9.18 Å². The molecule has 2 heterocycles. The molecule has 31 heavy (non-hydrogen) atoms. The van der Waals surface area contributed by atoms with Crippen molar-refractivity contribution in [2.24, 2.45) is 10.9 Å². The first-order valence-electron chi connectivity index (χ1n) is 10.8. The number of hydrogen-bond acceptors (Lipinski definition) is 4. The molecule has 2 aliphatic heterocycles. The van der Waals surface area contributed by atoms with E-state index in [1.54, 1.807) is 26.2 Å². The number of carbonyl (C=O) groups is 1. The van der Waals surface area contributed by atoms with Gasteiger partial charge in [-0.25, -0.2) is 4.39 Å². The maximum absolute atomic E-state index is 13.9. The minimum absolute atomic E-state index is 0. The van der Waals surface area contributed by atoms with Crippen molar-refractivity contribution in [2.75, 3.05) is 60.0 Å². The molecule has 1 amide bonds. The molecule has 0 radical (unpaired) electrons. The highest BCUT2D eigenvalue weighted by molar-refractivity contribution is 14.0. The van der Waals surface area contributed by atoms with Crippen LogP contribution in [0, 0.1) is 11.7 Å². The Bertz CT molecular complexity index is 722. The summed E-state index contributed by atoms with van der Waals surface area (Å²) >= 11 is 0. The average molecular weight is 547 g/mol. The number of guanidine groups is 1. The molecule has 174 valence electrons. The van der Waals surface area contributed by atoms with Crippen LogP contribution in [0.4, 0.5) is 4.39 Å². The first kappa shape index (κ1) is 25.8. The van der Waals surface area contributed by atoms with Crippen LogP contribution in [0.25, 0.3) is 0 Å². The fourth-order valence-electron chi connectivity index (χ4n) is 4.29. The third-order valence-electron chi connectivity index (χ3n) is 6.05. The van der Waals surface area contributed by atoms with Crippen LogP contribution in [-0.4, -0.2) is 81.7 Å². The lowest BCUT2D eigenvalue weighted by atomic mass is 9.93. The van der Waals surface area contributed by atoms with Gasteiger partial charge in [-0.05, 0) is 36.5 Å². The average Bonchev–Trinajstić information content (AvgIpc) is 2.78. The molecule has 3 rings (SSSR count). The minimum Gasteiger partial charge on any atom is -0.379 e. The minimum atomic E-state index is -0.215. The van der Waals surface area contributed by atoms with Crippen molar-refractivity contribution in [3.8, 4) is 0 Å². The quantitative estimate of drug-likeness (QED) is 0.325. The highest BCUT2D eigenvalue weighted by atomic mass is 127. The van der Waals surface area contributed by atoms with Crippen molar-refractivity contribution in [1.82, 2.24) is 20.4 Å². The summed E-state index contributed by atoms with van der Waals surface area (Å²) in [5, 5.41) is 6.22. The summed E-state index contributed by atoms with van der Waals surface area (Å²) in [6.07, 6.45) is 2.55. The second-order valence-electron chi connectivity index (χ2n) is 7.95. The summed E-state index contributed by atoms with van der Waals surface area (Å²) in [5.74, 6) is 1.18. The molecule has 9 heteroatoms. The van der Waals surface area contributed by atoms with E-state index in [0.29, 0.717) is 32.1 Å². The van der Waals surface area contributed by atoms with Crippen molar-refractivity contribution in [3.05, 3.63) is 35.6 Å². The van der Waals surface area contributed by atoms with Crippen LogP contribution in [0.5, 0.6) is 0 Å². The SMILES string of the molecule is CN=C(NCC(c1cccc(F)c1)N1CCOCC1)N1CCC(CC(=O)NC)CC1.I. The van der Waals surface area contributed by atoms with Gasteiger partial charge in [-0.15, -0.1) is 24.0 Å². The van der Waals surface area contributed by atoms with E-state index < -0.39 is 0 Å². The molecule has 7 nitrogen and oxygen atoms in total. The lowest BCUT2D eigenvalue weighted by Crippen LogP contribution is -2.49. The Hall–Kier alpha value is -1.46. The van der Waals surface area contributed by atoms with Crippen molar-refractivity contribution in [2.45, 2.75) is 25.3 Å². The molecular weight excluding hydrogens is 512 g/mol. The van der Waals surface area contributed by atoms with E-state index in [1.807, 2.05) is 6.07 Å². The standard InChI is InChI=1S/C22H34FN5O2.HI/c1-24-21(29)14-17-6-8-28(9-7-17)22(25-2)26-16-20(27-10-12-30-13-11-27)18-4-3-5-19(23)15-18;/h3-5,15,17,20H,6-14,16H2,1-2H3,(H,24,29)(H,25,26);1H. The van der Waals surface area contributed by atoms with Crippen molar-refractivity contribution < 1.29 is 13.9 Å². The zero-order valence-corrected chi connectivity index (χ0v) is 20.8. The molecule has 1 aromatic carbocycles. The zero-order valence-electron chi connectivity index (χ0n) is 18.5. The maximum Gasteiger partial charge on any atom is 0.220 e. The van der Waals surface area contributed by atoms with Gasteiger partial charge >= 0.3 is 0 Å². The largest absolute Gasteiger partial charge is 0.379 e. The highest BCUT2D eigenvalue weighted by Crippen LogP contribution is 2.23. The molecule has 1 aromatic rings. The summed E-state index contributed by atoms with van der Waals surface area (Å²) in [6.45, 7) is 5.44. The van der Waals surface area contributed by atoms with E-state index in [0.717, 1.165) is 50.5 Å². The van der Waals surface area contributed by atoms with Crippen LogP contribution in [0.1, 0.15) is 30.9 Å². The van der Waals surface area contributed by atoms with Gasteiger partial charge in [0.15, 0.2) is 5.96 Å². The van der Waals surface area contributed by atoms with Gasteiger partial charge in [0.1, 0.15) is 5.82 Å². The van der Waals surface area contributed by atoms with Crippen LogP contribution < -0.4 is 10.6 Å². The lowest BCUT2D eigenvalue weighted by molar-refractivity contribution is -0.121. The molecule has 0 aliphatic carbocycles. The molecule has 2 saturated heterocycles. The van der Waals surface area contributed by atoms with E-state index in [4.69, 9.17) is 4.74 Å². The molecule has 2 fully saturated rings. The Balaban J connectivity index is 0.00000341. The summed E-state index contributed by atoms with van der Waals surface area (Å²) in [7, 11) is 3.48. The van der Waals surface area contributed by atoms with E-state index >= 15 is 0 Å². The van der Waals surface area contributed by atoms with Gasteiger partial charge in [-0.3, -0.25) is 14.7 Å². The number of nitrogens with zero attached hydrogens (tertiary/aromatic N) is 3. The normalized spacial score (nSPS) is 19.5. The van der Waals surface area contributed by atoms with Gasteiger partial charge < -0.3 is 20.3 Å². The summed E-state index contributed by atoms with van der Waals surface area (Å²) in [5.41, 5.74) is 0.962. The molecule has 1 atom stereocenters.